The number of aromatic nitrogens is 1. The summed E-state index contributed by atoms with van der Waals surface area (Å²) in [6.45, 7) is 3.09. The first kappa shape index (κ1) is 13.5. The molecule has 3 unspecified atom stereocenters. The molecule has 18 heavy (non-hydrogen) atoms. The minimum atomic E-state index is 0.435. The zero-order chi connectivity index (χ0) is 13.0. The van der Waals surface area contributed by atoms with Gasteiger partial charge in [0, 0.05) is 24.5 Å². The van der Waals surface area contributed by atoms with Gasteiger partial charge in [-0.15, -0.1) is 0 Å². The van der Waals surface area contributed by atoms with E-state index in [1.165, 1.54) is 31.2 Å². The Hall–Kier alpha value is -0.930. The molecule has 1 aliphatic carbocycles. The van der Waals surface area contributed by atoms with Crippen molar-refractivity contribution in [2.45, 2.75) is 44.7 Å². The summed E-state index contributed by atoms with van der Waals surface area (Å²) in [5, 5.41) is 0. The van der Waals surface area contributed by atoms with Crippen LogP contribution in [-0.4, -0.2) is 29.5 Å². The number of pyridine rings is 1. The molecule has 100 valence electrons. The molecule has 0 bridgehead atoms. The maximum absolute atomic E-state index is 5.93. The molecule has 1 aliphatic rings. The molecule has 1 fully saturated rings. The summed E-state index contributed by atoms with van der Waals surface area (Å²) < 4.78 is 0. The van der Waals surface area contributed by atoms with Crippen LogP contribution in [0.15, 0.2) is 24.5 Å². The van der Waals surface area contributed by atoms with Crippen molar-refractivity contribution in [3.8, 4) is 0 Å². The Morgan fingerprint density at radius 2 is 2.00 bits per heavy atom. The second kappa shape index (κ2) is 6.30. The standard InChI is InChI=1S/C15H25N3/c1-12(13-7-9-17-10-8-13)18(2)15-6-4-3-5-14(15)11-16/h7-10,12,14-15H,3-6,11,16H2,1-2H3. The monoisotopic (exact) mass is 247 g/mol. The molecule has 1 heterocycles. The molecule has 3 nitrogen and oxygen atoms in total. The Kier molecular flexibility index (Phi) is 4.72. The average Bonchev–Trinajstić information content (AvgIpc) is 2.46. The first-order valence-electron chi connectivity index (χ1n) is 7.06. The lowest BCUT2D eigenvalue weighted by Crippen LogP contribution is -2.44. The van der Waals surface area contributed by atoms with Crippen LogP contribution in [0.3, 0.4) is 0 Å². The number of hydrogen-bond acceptors (Lipinski definition) is 3. The molecule has 3 atom stereocenters. The van der Waals surface area contributed by atoms with Gasteiger partial charge in [-0.05, 0) is 57.0 Å². The minimum Gasteiger partial charge on any atom is -0.330 e. The van der Waals surface area contributed by atoms with Gasteiger partial charge in [0.2, 0.25) is 0 Å². The first-order chi connectivity index (χ1) is 8.74. The van der Waals surface area contributed by atoms with Crippen LogP contribution < -0.4 is 5.73 Å². The summed E-state index contributed by atoms with van der Waals surface area (Å²) in [7, 11) is 2.24. The van der Waals surface area contributed by atoms with Crippen LogP contribution in [-0.2, 0) is 0 Å². The van der Waals surface area contributed by atoms with E-state index in [4.69, 9.17) is 5.73 Å². The van der Waals surface area contributed by atoms with Gasteiger partial charge in [-0.1, -0.05) is 12.8 Å². The van der Waals surface area contributed by atoms with Crippen LogP contribution in [0.4, 0.5) is 0 Å². The average molecular weight is 247 g/mol. The summed E-state index contributed by atoms with van der Waals surface area (Å²) >= 11 is 0. The Morgan fingerprint density at radius 1 is 1.33 bits per heavy atom. The molecule has 0 aliphatic heterocycles. The molecule has 0 radical (unpaired) electrons. The minimum absolute atomic E-state index is 0.435. The van der Waals surface area contributed by atoms with Gasteiger partial charge in [-0.25, -0.2) is 0 Å². The van der Waals surface area contributed by atoms with E-state index in [0.717, 1.165) is 6.54 Å². The lowest BCUT2D eigenvalue weighted by atomic mass is 9.83. The van der Waals surface area contributed by atoms with Gasteiger partial charge in [0.05, 0.1) is 0 Å². The summed E-state index contributed by atoms with van der Waals surface area (Å²) in [6, 6.07) is 5.29. The van der Waals surface area contributed by atoms with Crippen LogP contribution >= 0.6 is 0 Å². The number of hydrogen-bond donors (Lipinski definition) is 1. The van der Waals surface area contributed by atoms with E-state index >= 15 is 0 Å². The molecule has 3 heteroatoms. The highest BCUT2D eigenvalue weighted by Gasteiger charge is 2.29. The van der Waals surface area contributed by atoms with Gasteiger partial charge in [0.25, 0.3) is 0 Å². The Labute approximate surface area is 110 Å². The smallest absolute Gasteiger partial charge is 0.0321 e. The maximum atomic E-state index is 5.93. The third-order valence-electron chi connectivity index (χ3n) is 4.49. The molecular formula is C15H25N3. The summed E-state index contributed by atoms with van der Waals surface area (Å²) in [5.41, 5.74) is 7.28. The number of nitrogens with zero attached hydrogens (tertiary/aromatic N) is 2. The zero-order valence-corrected chi connectivity index (χ0v) is 11.5. The van der Waals surface area contributed by atoms with Crippen molar-refractivity contribution >= 4 is 0 Å². The van der Waals surface area contributed by atoms with Crippen molar-refractivity contribution in [1.82, 2.24) is 9.88 Å². The van der Waals surface area contributed by atoms with E-state index in [9.17, 15) is 0 Å². The molecule has 0 spiro atoms. The third kappa shape index (κ3) is 2.90. The van der Waals surface area contributed by atoms with E-state index in [0.29, 0.717) is 18.0 Å². The molecule has 1 aromatic rings. The van der Waals surface area contributed by atoms with Crippen LogP contribution in [0, 0.1) is 5.92 Å². The fourth-order valence-electron chi connectivity index (χ4n) is 3.16. The van der Waals surface area contributed by atoms with E-state index in [1.807, 2.05) is 12.4 Å². The van der Waals surface area contributed by atoms with E-state index in [-0.39, 0.29) is 0 Å². The lowest BCUT2D eigenvalue weighted by Gasteiger charge is -2.40. The van der Waals surface area contributed by atoms with Crippen molar-refractivity contribution in [1.29, 1.82) is 0 Å². The van der Waals surface area contributed by atoms with Gasteiger partial charge in [0.1, 0.15) is 0 Å². The molecule has 0 aromatic carbocycles. The molecular weight excluding hydrogens is 222 g/mol. The highest BCUT2D eigenvalue weighted by atomic mass is 15.2. The number of nitrogens with two attached hydrogens (primary N) is 1. The van der Waals surface area contributed by atoms with Gasteiger partial charge in [0.15, 0.2) is 0 Å². The quantitative estimate of drug-likeness (QED) is 0.889. The molecule has 0 amide bonds. The highest BCUT2D eigenvalue weighted by Crippen LogP contribution is 2.31. The van der Waals surface area contributed by atoms with Crippen molar-refractivity contribution < 1.29 is 0 Å². The molecule has 2 rings (SSSR count). The van der Waals surface area contributed by atoms with E-state index < -0.39 is 0 Å². The van der Waals surface area contributed by atoms with Crippen LogP contribution in [0.5, 0.6) is 0 Å². The molecule has 2 N–H and O–H groups in total. The maximum Gasteiger partial charge on any atom is 0.0321 e. The van der Waals surface area contributed by atoms with Crippen molar-refractivity contribution in [2.75, 3.05) is 13.6 Å². The van der Waals surface area contributed by atoms with Crippen LogP contribution in [0.1, 0.15) is 44.2 Å². The largest absolute Gasteiger partial charge is 0.330 e. The van der Waals surface area contributed by atoms with Crippen molar-refractivity contribution in [2.24, 2.45) is 11.7 Å². The lowest BCUT2D eigenvalue weighted by molar-refractivity contribution is 0.0989. The van der Waals surface area contributed by atoms with Gasteiger partial charge in [-0.3, -0.25) is 9.88 Å². The predicted octanol–water partition coefficient (Wildman–Crippen LogP) is 2.59. The van der Waals surface area contributed by atoms with Gasteiger partial charge < -0.3 is 5.73 Å². The topological polar surface area (TPSA) is 42.2 Å². The van der Waals surface area contributed by atoms with Gasteiger partial charge in [-0.2, -0.15) is 0 Å². The summed E-state index contributed by atoms with van der Waals surface area (Å²) in [4.78, 5) is 6.60. The van der Waals surface area contributed by atoms with Crippen molar-refractivity contribution in [3.05, 3.63) is 30.1 Å². The second-order valence-electron chi connectivity index (χ2n) is 5.47. The fourth-order valence-corrected chi connectivity index (χ4v) is 3.16. The second-order valence-corrected chi connectivity index (χ2v) is 5.47. The SMILES string of the molecule is CC(c1ccncc1)N(C)C1CCCCC1CN. The third-order valence-corrected chi connectivity index (χ3v) is 4.49. The molecule has 1 aromatic heterocycles. The fraction of sp³-hybridized carbons (Fsp3) is 0.667. The first-order valence-corrected chi connectivity index (χ1v) is 7.06. The highest BCUT2D eigenvalue weighted by molar-refractivity contribution is 5.14. The van der Waals surface area contributed by atoms with Gasteiger partial charge >= 0.3 is 0 Å². The Morgan fingerprint density at radius 3 is 2.67 bits per heavy atom. The normalized spacial score (nSPS) is 26.2. The van der Waals surface area contributed by atoms with Crippen LogP contribution in [0.2, 0.25) is 0 Å². The Bertz CT molecular complexity index is 352. The zero-order valence-electron chi connectivity index (χ0n) is 11.5. The predicted molar refractivity (Wildman–Crippen MR) is 75.2 cm³/mol. The summed E-state index contributed by atoms with van der Waals surface area (Å²) in [6.07, 6.45) is 9.01. The van der Waals surface area contributed by atoms with Crippen LogP contribution in [0.25, 0.3) is 0 Å². The summed E-state index contributed by atoms with van der Waals surface area (Å²) in [5.74, 6) is 0.660. The van der Waals surface area contributed by atoms with E-state index in [1.54, 1.807) is 0 Å². The number of rotatable bonds is 4. The Balaban J connectivity index is 2.07. The van der Waals surface area contributed by atoms with Crippen molar-refractivity contribution in [3.63, 3.8) is 0 Å². The molecule has 0 saturated heterocycles. The van der Waals surface area contributed by atoms with E-state index in [2.05, 4.69) is 36.0 Å². The molecule has 1 saturated carbocycles.